The molecule has 5 nitrogen and oxygen atoms in total. The summed E-state index contributed by atoms with van der Waals surface area (Å²) in [6, 6.07) is 20.5. The highest BCUT2D eigenvalue weighted by atomic mass is 16.5. The highest BCUT2D eigenvalue weighted by molar-refractivity contribution is 5.87. The Kier molecular flexibility index (Phi) is 7.34. The molecule has 0 saturated carbocycles. The summed E-state index contributed by atoms with van der Waals surface area (Å²) >= 11 is 0. The standard InChI is InChI=1S/C26H22O5/c1-28-23-16-20(15-21(17-23)12-14-26(27)30-3)10-9-19-11-13-24(25(18-19)29-2)31-22-7-5-4-6-8-22/h4-8,11-18H,1-3H3. The van der Waals surface area contributed by atoms with Crippen LogP contribution in [0.1, 0.15) is 16.7 Å². The van der Waals surface area contributed by atoms with Crippen molar-refractivity contribution in [3.05, 3.63) is 89.5 Å². The third kappa shape index (κ3) is 6.15. The van der Waals surface area contributed by atoms with Gasteiger partial charge in [0.2, 0.25) is 0 Å². The number of ether oxygens (including phenoxy) is 4. The molecular weight excluding hydrogens is 392 g/mol. The Balaban J connectivity index is 1.85. The molecule has 0 saturated heterocycles. The molecule has 0 heterocycles. The lowest BCUT2D eigenvalue weighted by Gasteiger charge is -2.10. The van der Waals surface area contributed by atoms with Crippen LogP contribution in [-0.2, 0) is 9.53 Å². The highest BCUT2D eigenvalue weighted by Gasteiger charge is 2.06. The van der Waals surface area contributed by atoms with Crippen LogP contribution in [0.2, 0.25) is 0 Å². The van der Waals surface area contributed by atoms with E-state index < -0.39 is 5.97 Å². The van der Waals surface area contributed by atoms with Crippen LogP contribution in [0.3, 0.4) is 0 Å². The molecule has 3 aromatic carbocycles. The Morgan fingerprint density at radius 2 is 1.55 bits per heavy atom. The van der Waals surface area contributed by atoms with Gasteiger partial charge >= 0.3 is 5.97 Å². The number of carbonyl (C=O) groups is 1. The summed E-state index contributed by atoms with van der Waals surface area (Å²) in [4.78, 5) is 11.3. The van der Waals surface area contributed by atoms with E-state index in [1.54, 1.807) is 20.3 Å². The number of carbonyl (C=O) groups excluding carboxylic acids is 1. The van der Waals surface area contributed by atoms with Crippen LogP contribution in [0.25, 0.3) is 6.08 Å². The van der Waals surface area contributed by atoms with Crippen LogP contribution in [0.4, 0.5) is 0 Å². The van der Waals surface area contributed by atoms with Crippen molar-refractivity contribution >= 4 is 12.0 Å². The van der Waals surface area contributed by atoms with Crippen molar-refractivity contribution < 1.29 is 23.7 Å². The maximum atomic E-state index is 11.3. The van der Waals surface area contributed by atoms with Crippen molar-refractivity contribution in [2.75, 3.05) is 21.3 Å². The molecule has 0 N–H and O–H groups in total. The first kappa shape index (κ1) is 21.5. The maximum absolute atomic E-state index is 11.3. The number of rotatable bonds is 6. The predicted octanol–water partition coefficient (Wildman–Crippen LogP) is 5.08. The first-order chi connectivity index (χ1) is 15.1. The zero-order valence-corrected chi connectivity index (χ0v) is 17.5. The molecule has 0 fully saturated rings. The van der Waals surface area contributed by atoms with Crippen molar-refractivity contribution in [2.45, 2.75) is 0 Å². The third-order valence-corrected chi connectivity index (χ3v) is 4.26. The van der Waals surface area contributed by atoms with Gasteiger partial charge in [-0.15, -0.1) is 0 Å². The van der Waals surface area contributed by atoms with E-state index in [0.717, 1.165) is 22.4 Å². The SMILES string of the molecule is COC(=O)C=Cc1cc(C#Cc2ccc(Oc3ccccc3)c(OC)c2)cc(OC)c1. The summed E-state index contributed by atoms with van der Waals surface area (Å²) in [5, 5.41) is 0. The minimum atomic E-state index is -0.430. The van der Waals surface area contributed by atoms with E-state index in [9.17, 15) is 4.79 Å². The Labute approximate surface area is 181 Å². The second kappa shape index (κ2) is 10.6. The Bertz CT molecular complexity index is 1140. The summed E-state index contributed by atoms with van der Waals surface area (Å²) in [7, 11) is 4.50. The number of esters is 1. The number of para-hydroxylation sites is 1. The van der Waals surface area contributed by atoms with E-state index in [0.29, 0.717) is 17.2 Å². The molecule has 0 aromatic heterocycles. The normalized spacial score (nSPS) is 10.2. The van der Waals surface area contributed by atoms with E-state index in [1.165, 1.54) is 13.2 Å². The summed E-state index contributed by atoms with van der Waals surface area (Å²) in [6.07, 6.45) is 3.00. The van der Waals surface area contributed by atoms with Gasteiger partial charge in [0, 0.05) is 17.2 Å². The summed E-state index contributed by atoms with van der Waals surface area (Å²) in [6.45, 7) is 0. The van der Waals surface area contributed by atoms with Gasteiger partial charge in [0.1, 0.15) is 11.5 Å². The molecule has 5 heteroatoms. The topological polar surface area (TPSA) is 54.0 Å². The molecule has 3 rings (SSSR count). The van der Waals surface area contributed by atoms with Crippen molar-refractivity contribution in [3.63, 3.8) is 0 Å². The molecule has 156 valence electrons. The molecule has 0 aliphatic heterocycles. The van der Waals surface area contributed by atoms with Gasteiger partial charge in [0.25, 0.3) is 0 Å². The molecule has 0 aliphatic rings. The monoisotopic (exact) mass is 414 g/mol. The molecule has 0 radical (unpaired) electrons. The van der Waals surface area contributed by atoms with Gasteiger partial charge in [-0.05, 0) is 60.2 Å². The van der Waals surface area contributed by atoms with Gasteiger partial charge in [0.15, 0.2) is 11.5 Å². The van der Waals surface area contributed by atoms with Crippen molar-refractivity contribution in [3.8, 4) is 34.8 Å². The third-order valence-electron chi connectivity index (χ3n) is 4.26. The van der Waals surface area contributed by atoms with Gasteiger partial charge in [-0.3, -0.25) is 0 Å². The van der Waals surface area contributed by atoms with Gasteiger partial charge in [0.05, 0.1) is 21.3 Å². The lowest BCUT2D eigenvalue weighted by Crippen LogP contribution is -1.93. The van der Waals surface area contributed by atoms with Crippen molar-refractivity contribution in [1.29, 1.82) is 0 Å². The number of methoxy groups -OCH3 is 3. The molecular formula is C26H22O5. The summed E-state index contributed by atoms with van der Waals surface area (Å²) in [5.41, 5.74) is 2.29. The fraction of sp³-hybridized carbons (Fsp3) is 0.115. The molecule has 0 unspecified atom stereocenters. The quantitative estimate of drug-likeness (QED) is 0.320. The van der Waals surface area contributed by atoms with Crippen molar-refractivity contribution in [1.82, 2.24) is 0 Å². The maximum Gasteiger partial charge on any atom is 0.330 e. The van der Waals surface area contributed by atoms with Gasteiger partial charge in [-0.1, -0.05) is 30.0 Å². The number of hydrogen-bond donors (Lipinski definition) is 0. The smallest absolute Gasteiger partial charge is 0.330 e. The predicted molar refractivity (Wildman–Crippen MR) is 120 cm³/mol. The first-order valence-corrected chi connectivity index (χ1v) is 9.49. The Morgan fingerprint density at radius 1 is 0.774 bits per heavy atom. The van der Waals surface area contributed by atoms with Crippen LogP contribution in [-0.4, -0.2) is 27.3 Å². The highest BCUT2D eigenvalue weighted by Crippen LogP contribution is 2.32. The average molecular weight is 414 g/mol. The molecule has 0 amide bonds. The minimum Gasteiger partial charge on any atom is -0.497 e. The number of hydrogen-bond acceptors (Lipinski definition) is 5. The molecule has 0 bridgehead atoms. The lowest BCUT2D eigenvalue weighted by molar-refractivity contribution is -0.134. The van der Waals surface area contributed by atoms with E-state index in [4.69, 9.17) is 14.2 Å². The van der Waals surface area contributed by atoms with E-state index in [1.807, 2.05) is 66.7 Å². The second-order valence-electron chi connectivity index (χ2n) is 6.38. The zero-order valence-electron chi connectivity index (χ0n) is 17.5. The molecule has 0 aliphatic carbocycles. The molecule has 3 aromatic rings. The lowest BCUT2D eigenvalue weighted by atomic mass is 10.1. The van der Waals surface area contributed by atoms with E-state index in [2.05, 4.69) is 16.6 Å². The van der Waals surface area contributed by atoms with Crippen LogP contribution in [0.15, 0.2) is 72.8 Å². The number of benzene rings is 3. The van der Waals surface area contributed by atoms with Crippen LogP contribution < -0.4 is 14.2 Å². The molecule has 0 spiro atoms. The van der Waals surface area contributed by atoms with Gasteiger partial charge < -0.3 is 18.9 Å². The van der Waals surface area contributed by atoms with E-state index in [-0.39, 0.29) is 0 Å². The average Bonchev–Trinajstić information content (AvgIpc) is 2.82. The minimum absolute atomic E-state index is 0.430. The fourth-order valence-corrected chi connectivity index (χ4v) is 2.73. The van der Waals surface area contributed by atoms with Gasteiger partial charge in [-0.2, -0.15) is 0 Å². The van der Waals surface area contributed by atoms with Gasteiger partial charge in [-0.25, -0.2) is 4.79 Å². The Morgan fingerprint density at radius 3 is 2.26 bits per heavy atom. The summed E-state index contributed by atoms with van der Waals surface area (Å²) < 4.78 is 21.3. The first-order valence-electron chi connectivity index (χ1n) is 9.49. The van der Waals surface area contributed by atoms with Crippen LogP contribution in [0, 0.1) is 11.8 Å². The molecule has 31 heavy (non-hydrogen) atoms. The summed E-state index contributed by atoms with van der Waals surface area (Å²) in [5.74, 6) is 8.37. The van der Waals surface area contributed by atoms with Crippen LogP contribution in [0.5, 0.6) is 23.0 Å². The van der Waals surface area contributed by atoms with Crippen LogP contribution >= 0.6 is 0 Å². The largest absolute Gasteiger partial charge is 0.497 e. The fourth-order valence-electron chi connectivity index (χ4n) is 2.73. The van der Waals surface area contributed by atoms with Crippen molar-refractivity contribution in [2.24, 2.45) is 0 Å². The molecule has 0 atom stereocenters. The second-order valence-corrected chi connectivity index (χ2v) is 6.38. The Hall–Kier alpha value is -4.17. The zero-order chi connectivity index (χ0) is 22.1. The van der Waals surface area contributed by atoms with E-state index >= 15 is 0 Å².